The van der Waals surface area contributed by atoms with Crippen molar-refractivity contribution in [3.63, 3.8) is 0 Å². The highest BCUT2D eigenvalue weighted by atomic mass is 19.1. The normalized spacial score (nSPS) is 10.6. The van der Waals surface area contributed by atoms with E-state index in [0.29, 0.717) is 18.8 Å². The summed E-state index contributed by atoms with van der Waals surface area (Å²) >= 11 is 0. The Labute approximate surface area is 117 Å². The van der Waals surface area contributed by atoms with Gasteiger partial charge in [-0.15, -0.1) is 0 Å². The monoisotopic (exact) mass is 282 g/mol. The van der Waals surface area contributed by atoms with Crippen LogP contribution in [0.1, 0.15) is 19.8 Å². The number of aliphatic carboxylic acids is 1. The summed E-state index contributed by atoms with van der Waals surface area (Å²) in [5.74, 6) is -1.49. The third-order valence-corrected chi connectivity index (χ3v) is 2.68. The molecule has 0 aliphatic carbocycles. The van der Waals surface area contributed by atoms with Gasteiger partial charge in [-0.25, -0.2) is 4.39 Å². The van der Waals surface area contributed by atoms with E-state index in [1.165, 1.54) is 24.3 Å². The van der Waals surface area contributed by atoms with Crippen LogP contribution >= 0.6 is 0 Å². The Morgan fingerprint density at radius 3 is 2.45 bits per heavy atom. The van der Waals surface area contributed by atoms with Crippen molar-refractivity contribution in [2.24, 2.45) is 0 Å². The van der Waals surface area contributed by atoms with E-state index in [-0.39, 0.29) is 24.7 Å². The van der Waals surface area contributed by atoms with Gasteiger partial charge < -0.3 is 10.4 Å². The lowest BCUT2D eigenvalue weighted by molar-refractivity contribution is -0.138. The number of anilines is 1. The summed E-state index contributed by atoms with van der Waals surface area (Å²) < 4.78 is 12.7. The van der Waals surface area contributed by atoms with Crippen LogP contribution in [0.3, 0.4) is 0 Å². The highest BCUT2D eigenvalue weighted by Gasteiger charge is 2.11. The highest BCUT2D eigenvalue weighted by molar-refractivity contribution is 5.90. The Balaban J connectivity index is 2.40. The molecule has 1 aromatic carbocycles. The van der Waals surface area contributed by atoms with Crippen LogP contribution in [0.5, 0.6) is 0 Å². The molecule has 0 aliphatic rings. The zero-order chi connectivity index (χ0) is 15.0. The second kappa shape index (κ2) is 8.27. The zero-order valence-electron chi connectivity index (χ0n) is 11.4. The molecule has 0 fully saturated rings. The van der Waals surface area contributed by atoms with Crippen LogP contribution in [-0.2, 0) is 9.59 Å². The fourth-order valence-corrected chi connectivity index (χ4v) is 1.79. The van der Waals surface area contributed by atoms with Crippen molar-refractivity contribution >= 4 is 17.6 Å². The van der Waals surface area contributed by atoms with Crippen LogP contribution in [0.15, 0.2) is 24.3 Å². The fourth-order valence-electron chi connectivity index (χ4n) is 1.79. The van der Waals surface area contributed by atoms with Gasteiger partial charge in [0.1, 0.15) is 5.82 Å². The molecule has 1 amide bonds. The molecule has 0 unspecified atom stereocenters. The van der Waals surface area contributed by atoms with E-state index in [0.717, 1.165) is 6.42 Å². The summed E-state index contributed by atoms with van der Waals surface area (Å²) in [6.45, 7) is 2.90. The van der Waals surface area contributed by atoms with E-state index < -0.39 is 5.97 Å². The van der Waals surface area contributed by atoms with Crippen LogP contribution in [0.2, 0.25) is 0 Å². The lowest BCUT2D eigenvalue weighted by atomic mass is 10.3. The van der Waals surface area contributed by atoms with E-state index in [2.05, 4.69) is 5.32 Å². The van der Waals surface area contributed by atoms with E-state index in [1.54, 1.807) is 4.90 Å². The molecule has 110 valence electrons. The fraction of sp³-hybridized carbons (Fsp3) is 0.429. The van der Waals surface area contributed by atoms with Gasteiger partial charge in [-0.1, -0.05) is 6.92 Å². The van der Waals surface area contributed by atoms with Crippen molar-refractivity contribution in [3.8, 4) is 0 Å². The van der Waals surface area contributed by atoms with Crippen LogP contribution in [0, 0.1) is 5.82 Å². The number of rotatable bonds is 8. The minimum atomic E-state index is -0.905. The average Bonchev–Trinajstić information content (AvgIpc) is 2.38. The van der Waals surface area contributed by atoms with Gasteiger partial charge in [0.05, 0.1) is 6.54 Å². The number of hydrogen-bond donors (Lipinski definition) is 2. The lowest BCUT2D eigenvalue weighted by Crippen LogP contribution is -2.33. The molecule has 0 spiro atoms. The first-order valence-electron chi connectivity index (χ1n) is 6.51. The summed E-state index contributed by atoms with van der Waals surface area (Å²) in [5, 5.41) is 11.4. The highest BCUT2D eigenvalue weighted by Crippen LogP contribution is 2.08. The molecule has 1 aromatic rings. The molecule has 1 rings (SSSR count). The SMILES string of the molecule is CCCN(CCC(=O)Nc1ccc(F)cc1)CC(=O)O. The Kier molecular flexibility index (Phi) is 6.66. The predicted molar refractivity (Wildman–Crippen MR) is 74.0 cm³/mol. The topological polar surface area (TPSA) is 69.6 Å². The molecular formula is C14H19FN2O3. The van der Waals surface area contributed by atoms with Gasteiger partial charge in [0.2, 0.25) is 5.91 Å². The molecule has 0 saturated carbocycles. The van der Waals surface area contributed by atoms with E-state index in [1.807, 2.05) is 6.92 Å². The first-order valence-corrected chi connectivity index (χ1v) is 6.51. The Hall–Kier alpha value is -1.95. The number of benzene rings is 1. The van der Waals surface area contributed by atoms with Crippen LogP contribution in [-0.4, -0.2) is 41.5 Å². The molecule has 0 saturated heterocycles. The molecular weight excluding hydrogens is 263 g/mol. The predicted octanol–water partition coefficient (Wildman–Crippen LogP) is 1.95. The third-order valence-electron chi connectivity index (χ3n) is 2.68. The van der Waals surface area contributed by atoms with Gasteiger partial charge in [0.25, 0.3) is 0 Å². The lowest BCUT2D eigenvalue weighted by Gasteiger charge is -2.18. The van der Waals surface area contributed by atoms with Crippen molar-refractivity contribution in [3.05, 3.63) is 30.1 Å². The second-order valence-electron chi connectivity index (χ2n) is 4.47. The van der Waals surface area contributed by atoms with Gasteiger partial charge in [0.15, 0.2) is 0 Å². The Morgan fingerprint density at radius 1 is 1.25 bits per heavy atom. The standard InChI is InChI=1S/C14H19FN2O3/c1-2-8-17(10-14(19)20)9-7-13(18)16-12-5-3-11(15)4-6-12/h3-6H,2,7-10H2,1H3,(H,16,18)(H,19,20). The quantitative estimate of drug-likeness (QED) is 0.764. The largest absolute Gasteiger partial charge is 0.480 e. The van der Waals surface area contributed by atoms with Crippen LogP contribution in [0.25, 0.3) is 0 Å². The molecule has 0 bridgehead atoms. The molecule has 0 heterocycles. The first-order chi connectivity index (χ1) is 9.51. The maximum absolute atomic E-state index is 12.7. The number of halogens is 1. The van der Waals surface area contributed by atoms with Crippen molar-refractivity contribution in [1.82, 2.24) is 4.90 Å². The summed E-state index contributed by atoms with van der Waals surface area (Å²) in [6, 6.07) is 5.50. The first kappa shape index (κ1) is 16.1. The number of carbonyl (C=O) groups excluding carboxylic acids is 1. The van der Waals surface area contributed by atoms with Crippen molar-refractivity contribution in [2.75, 3.05) is 25.0 Å². The van der Waals surface area contributed by atoms with Gasteiger partial charge >= 0.3 is 5.97 Å². The smallest absolute Gasteiger partial charge is 0.317 e. The number of hydrogen-bond acceptors (Lipinski definition) is 3. The molecule has 0 radical (unpaired) electrons. The molecule has 2 N–H and O–H groups in total. The van der Waals surface area contributed by atoms with Gasteiger partial charge in [-0.2, -0.15) is 0 Å². The minimum Gasteiger partial charge on any atom is -0.480 e. The number of amides is 1. The van der Waals surface area contributed by atoms with Gasteiger partial charge in [-0.3, -0.25) is 14.5 Å². The maximum Gasteiger partial charge on any atom is 0.317 e. The molecule has 0 aliphatic heterocycles. The summed E-state index contributed by atoms with van der Waals surface area (Å²) in [6.07, 6.45) is 1.03. The van der Waals surface area contributed by atoms with Crippen molar-refractivity contribution in [1.29, 1.82) is 0 Å². The van der Waals surface area contributed by atoms with E-state index in [4.69, 9.17) is 5.11 Å². The van der Waals surface area contributed by atoms with Gasteiger partial charge in [-0.05, 0) is 37.2 Å². The van der Waals surface area contributed by atoms with Crippen LogP contribution in [0.4, 0.5) is 10.1 Å². The number of carboxylic acid groups (broad SMARTS) is 1. The summed E-state index contributed by atoms with van der Waals surface area (Å²) in [5.41, 5.74) is 0.525. The average molecular weight is 282 g/mol. The number of nitrogens with zero attached hydrogens (tertiary/aromatic N) is 1. The van der Waals surface area contributed by atoms with E-state index in [9.17, 15) is 14.0 Å². The van der Waals surface area contributed by atoms with E-state index >= 15 is 0 Å². The van der Waals surface area contributed by atoms with Gasteiger partial charge in [0, 0.05) is 18.7 Å². The summed E-state index contributed by atoms with van der Waals surface area (Å²) in [7, 11) is 0. The van der Waals surface area contributed by atoms with Crippen molar-refractivity contribution in [2.45, 2.75) is 19.8 Å². The third kappa shape index (κ3) is 6.29. The Morgan fingerprint density at radius 2 is 1.90 bits per heavy atom. The second-order valence-corrected chi connectivity index (χ2v) is 4.47. The summed E-state index contributed by atoms with van der Waals surface area (Å²) in [4.78, 5) is 24.1. The molecule has 0 atom stereocenters. The van der Waals surface area contributed by atoms with Crippen LogP contribution < -0.4 is 5.32 Å². The molecule has 5 nitrogen and oxygen atoms in total. The number of nitrogens with one attached hydrogen (secondary N) is 1. The molecule has 20 heavy (non-hydrogen) atoms. The minimum absolute atomic E-state index is 0.0718. The number of carboxylic acids is 1. The molecule has 6 heteroatoms. The van der Waals surface area contributed by atoms with Crippen molar-refractivity contribution < 1.29 is 19.1 Å². The Bertz CT molecular complexity index is 448. The number of carbonyl (C=O) groups is 2. The molecule has 0 aromatic heterocycles. The zero-order valence-corrected chi connectivity index (χ0v) is 11.4. The maximum atomic E-state index is 12.7.